The maximum atomic E-state index is 10.6. The number of aliphatic hydroxyl groups is 1. The highest BCUT2D eigenvalue weighted by Gasteiger charge is 2.36. The van der Waals surface area contributed by atoms with Crippen LogP contribution in [0.15, 0.2) is 24.3 Å². The molecular formula is C11H12O3. The van der Waals surface area contributed by atoms with Gasteiger partial charge in [0.25, 0.3) is 0 Å². The SMILES string of the molecule is O=C(O)CC1(O)Cc2ccccc2C1. The Bertz CT molecular complexity index is 346. The number of benzene rings is 1. The smallest absolute Gasteiger partial charge is 0.306 e. The Morgan fingerprint density at radius 3 is 2.21 bits per heavy atom. The van der Waals surface area contributed by atoms with Crippen molar-refractivity contribution in [1.82, 2.24) is 0 Å². The fourth-order valence-electron chi connectivity index (χ4n) is 2.08. The molecule has 0 atom stereocenters. The van der Waals surface area contributed by atoms with Gasteiger partial charge < -0.3 is 10.2 Å². The zero-order chi connectivity index (χ0) is 10.2. The fourth-order valence-corrected chi connectivity index (χ4v) is 2.08. The molecule has 0 fully saturated rings. The first-order valence-electron chi connectivity index (χ1n) is 4.60. The van der Waals surface area contributed by atoms with Crippen LogP contribution in [0.5, 0.6) is 0 Å². The lowest BCUT2D eigenvalue weighted by Crippen LogP contribution is -2.32. The Morgan fingerprint density at radius 2 is 1.79 bits per heavy atom. The molecule has 0 bridgehead atoms. The van der Waals surface area contributed by atoms with Crippen molar-refractivity contribution in [2.24, 2.45) is 0 Å². The quantitative estimate of drug-likeness (QED) is 0.734. The van der Waals surface area contributed by atoms with E-state index in [-0.39, 0.29) is 6.42 Å². The van der Waals surface area contributed by atoms with Crippen molar-refractivity contribution in [3.05, 3.63) is 35.4 Å². The van der Waals surface area contributed by atoms with Gasteiger partial charge in [-0.3, -0.25) is 4.79 Å². The van der Waals surface area contributed by atoms with Crippen molar-refractivity contribution in [2.75, 3.05) is 0 Å². The molecule has 0 amide bonds. The second kappa shape index (κ2) is 3.10. The van der Waals surface area contributed by atoms with Crippen LogP contribution in [0.1, 0.15) is 17.5 Å². The van der Waals surface area contributed by atoms with Crippen LogP contribution in [0, 0.1) is 0 Å². The van der Waals surface area contributed by atoms with Crippen molar-refractivity contribution in [3.63, 3.8) is 0 Å². The summed E-state index contributed by atoms with van der Waals surface area (Å²) in [5, 5.41) is 18.7. The van der Waals surface area contributed by atoms with Gasteiger partial charge in [0, 0.05) is 12.8 Å². The van der Waals surface area contributed by atoms with Crippen LogP contribution in [0.25, 0.3) is 0 Å². The van der Waals surface area contributed by atoms with Crippen molar-refractivity contribution in [2.45, 2.75) is 24.9 Å². The Labute approximate surface area is 82.0 Å². The van der Waals surface area contributed by atoms with E-state index < -0.39 is 11.6 Å². The largest absolute Gasteiger partial charge is 0.481 e. The number of hydrogen-bond donors (Lipinski definition) is 2. The van der Waals surface area contributed by atoms with Crippen LogP contribution >= 0.6 is 0 Å². The summed E-state index contributed by atoms with van der Waals surface area (Å²) in [6.07, 6.45) is 0.729. The van der Waals surface area contributed by atoms with E-state index in [1.165, 1.54) is 0 Å². The third-order valence-corrected chi connectivity index (χ3v) is 2.64. The van der Waals surface area contributed by atoms with Gasteiger partial charge in [0.1, 0.15) is 0 Å². The molecule has 0 radical (unpaired) electrons. The predicted molar refractivity (Wildman–Crippen MR) is 51.1 cm³/mol. The van der Waals surface area contributed by atoms with E-state index in [1.807, 2.05) is 24.3 Å². The minimum Gasteiger partial charge on any atom is -0.481 e. The predicted octanol–water partition coefficient (Wildman–Crippen LogP) is 0.991. The van der Waals surface area contributed by atoms with Crippen LogP contribution in [0.4, 0.5) is 0 Å². The first-order chi connectivity index (χ1) is 6.59. The molecule has 2 rings (SSSR count). The van der Waals surface area contributed by atoms with E-state index in [1.54, 1.807) is 0 Å². The summed E-state index contributed by atoms with van der Waals surface area (Å²) >= 11 is 0. The van der Waals surface area contributed by atoms with E-state index in [0.717, 1.165) is 11.1 Å². The number of aliphatic carboxylic acids is 1. The lowest BCUT2D eigenvalue weighted by atomic mass is 9.96. The van der Waals surface area contributed by atoms with Gasteiger partial charge in [0.2, 0.25) is 0 Å². The lowest BCUT2D eigenvalue weighted by Gasteiger charge is -2.18. The molecule has 0 saturated heterocycles. The van der Waals surface area contributed by atoms with Crippen molar-refractivity contribution in [1.29, 1.82) is 0 Å². The van der Waals surface area contributed by atoms with E-state index in [0.29, 0.717) is 12.8 Å². The number of rotatable bonds is 2. The molecule has 1 aromatic rings. The third kappa shape index (κ3) is 1.63. The summed E-state index contributed by atoms with van der Waals surface area (Å²) in [6.45, 7) is 0. The van der Waals surface area contributed by atoms with Gasteiger partial charge in [-0.15, -0.1) is 0 Å². The van der Waals surface area contributed by atoms with Gasteiger partial charge in [-0.1, -0.05) is 24.3 Å². The maximum absolute atomic E-state index is 10.6. The summed E-state index contributed by atoms with van der Waals surface area (Å²) in [4.78, 5) is 10.6. The van der Waals surface area contributed by atoms with E-state index in [2.05, 4.69) is 0 Å². The molecule has 1 aromatic carbocycles. The molecule has 0 aliphatic heterocycles. The normalized spacial score (nSPS) is 17.8. The van der Waals surface area contributed by atoms with Crippen LogP contribution in [-0.2, 0) is 17.6 Å². The molecule has 0 heterocycles. The van der Waals surface area contributed by atoms with Crippen LogP contribution in [0.2, 0.25) is 0 Å². The Kier molecular flexibility index (Phi) is 2.04. The molecule has 0 spiro atoms. The first-order valence-corrected chi connectivity index (χ1v) is 4.60. The first kappa shape index (κ1) is 9.21. The van der Waals surface area contributed by atoms with Gasteiger partial charge in [0.05, 0.1) is 12.0 Å². The Morgan fingerprint density at radius 1 is 1.29 bits per heavy atom. The highest BCUT2D eigenvalue weighted by molar-refractivity contribution is 5.68. The molecule has 1 aliphatic carbocycles. The molecule has 1 aliphatic rings. The van der Waals surface area contributed by atoms with Crippen molar-refractivity contribution < 1.29 is 15.0 Å². The van der Waals surface area contributed by atoms with Crippen LogP contribution < -0.4 is 0 Å². The van der Waals surface area contributed by atoms with Crippen molar-refractivity contribution in [3.8, 4) is 0 Å². The van der Waals surface area contributed by atoms with Gasteiger partial charge in [0.15, 0.2) is 0 Å². The molecular weight excluding hydrogens is 180 g/mol. The Balaban J connectivity index is 2.21. The zero-order valence-corrected chi connectivity index (χ0v) is 7.73. The van der Waals surface area contributed by atoms with E-state index in [9.17, 15) is 9.90 Å². The number of carboxylic acid groups (broad SMARTS) is 1. The average Bonchev–Trinajstić information content (AvgIpc) is 2.38. The van der Waals surface area contributed by atoms with Crippen molar-refractivity contribution >= 4 is 5.97 Å². The number of hydrogen-bond acceptors (Lipinski definition) is 2. The van der Waals surface area contributed by atoms with Gasteiger partial charge in [-0.05, 0) is 11.1 Å². The Hall–Kier alpha value is -1.35. The van der Waals surface area contributed by atoms with Gasteiger partial charge in [-0.2, -0.15) is 0 Å². The van der Waals surface area contributed by atoms with Gasteiger partial charge >= 0.3 is 5.97 Å². The van der Waals surface area contributed by atoms with E-state index >= 15 is 0 Å². The third-order valence-electron chi connectivity index (χ3n) is 2.64. The lowest BCUT2D eigenvalue weighted by molar-refractivity contribution is -0.142. The zero-order valence-electron chi connectivity index (χ0n) is 7.73. The maximum Gasteiger partial charge on any atom is 0.306 e. The highest BCUT2D eigenvalue weighted by Crippen LogP contribution is 2.32. The van der Waals surface area contributed by atoms with Crippen LogP contribution in [0.3, 0.4) is 0 Å². The average molecular weight is 192 g/mol. The molecule has 14 heavy (non-hydrogen) atoms. The minimum absolute atomic E-state index is 0.179. The number of carboxylic acids is 1. The summed E-state index contributed by atoms with van der Waals surface area (Å²) in [6, 6.07) is 7.70. The topological polar surface area (TPSA) is 57.5 Å². The fraction of sp³-hybridized carbons (Fsp3) is 0.364. The second-order valence-corrected chi connectivity index (χ2v) is 3.92. The molecule has 3 nitrogen and oxygen atoms in total. The monoisotopic (exact) mass is 192 g/mol. The summed E-state index contributed by atoms with van der Waals surface area (Å²) in [5.74, 6) is -0.944. The molecule has 3 heteroatoms. The highest BCUT2D eigenvalue weighted by atomic mass is 16.4. The van der Waals surface area contributed by atoms with Gasteiger partial charge in [-0.25, -0.2) is 0 Å². The molecule has 0 saturated carbocycles. The standard InChI is InChI=1S/C11H12O3/c12-10(13)7-11(14)5-8-3-1-2-4-9(8)6-11/h1-4,14H,5-7H2,(H,12,13). The second-order valence-electron chi connectivity index (χ2n) is 3.92. The van der Waals surface area contributed by atoms with Crippen LogP contribution in [-0.4, -0.2) is 21.8 Å². The molecule has 0 aromatic heterocycles. The minimum atomic E-state index is -1.07. The number of fused-ring (bicyclic) bond motifs is 1. The summed E-state index contributed by atoms with van der Waals surface area (Å²) in [7, 11) is 0. The molecule has 2 N–H and O–H groups in total. The summed E-state index contributed by atoms with van der Waals surface area (Å²) < 4.78 is 0. The summed E-state index contributed by atoms with van der Waals surface area (Å²) in [5.41, 5.74) is 1.06. The van der Waals surface area contributed by atoms with E-state index in [4.69, 9.17) is 5.11 Å². The molecule has 74 valence electrons. The number of carbonyl (C=O) groups is 1. The molecule has 0 unspecified atom stereocenters.